The van der Waals surface area contributed by atoms with E-state index in [-0.39, 0.29) is 0 Å². The minimum Gasteiger partial charge on any atom is -0.301 e. The second kappa shape index (κ2) is 6.69. The van der Waals surface area contributed by atoms with Crippen molar-refractivity contribution in [3.8, 4) is 0 Å². The molecule has 6 heteroatoms. The standard InChI is InChI=1S/C18H28N6/c1-15-10-17(21(2)20-15)12-23-11-16-6-7-19-24(16)18(14-23)13-22-8-4-3-5-9-22/h6-7,10,18H,3-5,8-9,11-14H2,1-2H3. The molecule has 0 aromatic carbocycles. The maximum Gasteiger partial charge on any atom is 0.0776 e. The number of nitrogens with zero attached hydrogens (tertiary/aromatic N) is 6. The number of aryl methyl sites for hydroxylation is 2. The molecule has 0 saturated carbocycles. The van der Waals surface area contributed by atoms with Crippen LogP contribution in [0.1, 0.15) is 42.4 Å². The summed E-state index contributed by atoms with van der Waals surface area (Å²) in [7, 11) is 2.04. The fourth-order valence-corrected chi connectivity index (χ4v) is 4.20. The van der Waals surface area contributed by atoms with Crippen molar-refractivity contribution >= 4 is 0 Å². The molecule has 0 N–H and O–H groups in total. The first-order valence-corrected chi connectivity index (χ1v) is 9.15. The van der Waals surface area contributed by atoms with Gasteiger partial charge >= 0.3 is 0 Å². The fraction of sp³-hybridized carbons (Fsp3) is 0.667. The van der Waals surface area contributed by atoms with Crippen molar-refractivity contribution in [2.24, 2.45) is 7.05 Å². The van der Waals surface area contributed by atoms with Crippen LogP contribution in [0.4, 0.5) is 0 Å². The lowest BCUT2D eigenvalue weighted by molar-refractivity contribution is 0.118. The summed E-state index contributed by atoms with van der Waals surface area (Å²) in [6.45, 7) is 8.67. The van der Waals surface area contributed by atoms with E-state index in [0.29, 0.717) is 6.04 Å². The van der Waals surface area contributed by atoms with Crippen molar-refractivity contribution in [1.29, 1.82) is 0 Å². The number of rotatable bonds is 4. The number of hydrogen-bond donors (Lipinski definition) is 0. The van der Waals surface area contributed by atoms with Crippen molar-refractivity contribution in [1.82, 2.24) is 29.4 Å². The Bertz CT molecular complexity index is 681. The lowest BCUT2D eigenvalue weighted by Crippen LogP contribution is -2.44. The van der Waals surface area contributed by atoms with Gasteiger partial charge in [-0.05, 0) is 45.0 Å². The van der Waals surface area contributed by atoms with Crippen molar-refractivity contribution in [3.63, 3.8) is 0 Å². The average Bonchev–Trinajstić information content (AvgIpc) is 3.15. The minimum atomic E-state index is 0.455. The topological polar surface area (TPSA) is 42.1 Å². The molecule has 2 aliphatic rings. The van der Waals surface area contributed by atoms with Crippen LogP contribution in [-0.2, 0) is 20.1 Å². The molecule has 0 aliphatic carbocycles. The molecule has 0 amide bonds. The van der Waals surface area contributed by atoms with Crippen LogP contribution in [0.2, 0.25) is 0 Å². The van der Waals surface area contributed by atoms with Gasteiger partial charge in [-0.1, -0.05) is 6.42 Å². The van der Waals surface area contributed by atoms with Gasteiger partial charge in [-0.25, -0.2) is 0 Å². The summed E-state index contributed by atoms with van der Waals surface area (Å²) in [5.41, 5.74) is 3.72. The highest BCUT2D eigenvalue weighted by Gasteiger charge is 2.28. The van der Waals surface area contributed by atoms with Crippen LogP contribution in [0.25, 0.3) is 0 Å². The van der Waals surface area contributed by atoms with E-state index in [4.69, 9.17) is 0 Å². The molecule has 6 nitrogen and oxygen atoms in total. The van der Waals surface area contributed by atoms with E-state index in [0.717, 1.165) is 31.9 Å². The molecule has 2 aromatic heterocycles. The molecular weight excluding hydrogens is 300 g/mol. The molecule has 2 aliphatic heterocycles. The Balaban J connectivity index is 1.49. The van der Waals surface area contributed by atoms with E-state index in [1.807, 2.05) is 17.9 Å². The first kappa shape index (κ1) is 15.8. The Hall–Kier alpha value is -1.66. The van der Waals surface area contributed by atoms with Crippen LogP contribution in [0.3, 0.4) is 0 Å². The summed E-state index contributed by atoms with van der Waals surface area (Å²) in [5.74, 6) is 0. The summed E-state index contributed by atoms with van der Waals surface area (Å²) in [4.78, 5) is 5.17. The SMILES string of the molecule is Cc1cc(CN2Cc3ccnn3C(CN3CCCCC3)C2)n(C)n1. The average molecular weight is 328 g/mol. The summed E-state index contributed by atoms with van der Waals surface area (Å²) < 4.78 is 4.28. The number of fused-ring (bicyclic) bond motifs is 1. The van der Waals surface area contributed by atoms with Gasteiger partial charge in [0.1, 0.15) is 0 Å². The van der Waals surface area contributed by atoms with Crippen LogP contribution >= 0.6 is 0 Å². The summed E-state index contributed by atoms with van der Waals surface area (Å²) in [6, 6.07) is 4.83. The Labute approximate surface area is 144 Å². The summed E-state index contributed by atoms with van der Waals surface area (Å²) >= 11 is 0. The Kier molecular flexibility index (Phi) is 4.41. The van der Waals surface area contributed by atoms with Gasteiger partial charge in [-0.2, -0.15) is 10.2 Å². The van der Waals surface area contributed by atoms with Crippen molar-refractivity contribution in [2.75, 3.05) is 26.2 Å². The van der Waals surface area contributed by atoms with Crippen LogP contribution in [0.15, 0.2) is 18.3 Å². The zero-order valence-corrected chi connectivity index (χ0v) is 14.9. The summed E-state index contributed by atoms with van der Waals surface area (Å²) in [5, 5.41) is 9.10. The lowest BCUT2D eigenvalue weighted by atomic mass is 10.1. The predicted octanol–water partition coefficient (Wildman–Crippen LogP) is 1.97. The number of likely N-dealkylation sites (tertiary alicyclic amines) is 1. The molecule has 4 rings (SSSR count). The van der Waals surface area contributed by atoms with Gasteiger partial charge in [0.25, 0.3) is 0 Å². The highest BCUT2D eigenvalue weighted by molar-refractivity contribution is 5.11. The van der Waals surface area contributed by atoms with Gasteiger partial charge in [-0.15, -0.1) is 0 Å². The van der Waals surface area contributed by atoms with Crippen molar-refractivity contribution in [2.45, 2.75) is 45.3 Å². The Morgan fingerprint density at radius 1 is 1.17 bits per heavy atom. The van der Waals surface area contributed by atoms with E-state index in [9.17, 15) is 0 Å². The Morgan fingerprint density at radius 3 is 2.75 bits per heavy atom. The molecule has 130 valence electrons. The molecule has 0 bridgehead atoms. The second-order valence-corrected chi connectivity index (χ2v) is 7.35. The smallest absolute Gasteiger partial charge is 0.0776 e. The highest BCUT2D eigenvalue weighted by Crippen LogP contribution is 2.24. The van der Waals surface area contributed by atoms with E-state index in [1.165, 1.54) is 43.7 Å². The molecule has 1 saturated heterocycles. The molecule has 0 spiro atoms. The zero-order valence-electron chi connectivity index (χ0n) is 14.9. The molecule has 4 heterocycles. The van der Waals surface area contributed by atoms with E-state index in [2.05, 4.69) is 43.7 Å². The molecule has 0 radical (unpaired) electrons. The summed E-state index contributed by atoms with van der Waals surface area (Å²) in [6.07, 6.45) is 6.03. The van der Waals surface area contributed by atoms with E-state index >= 15 is 0 Å². The lowest BCUT2D eigenvalue weighted by Gasteiger charge is -2.37. The van der Waals surface area contributed by atoms with E-state index in [1.54, 1.807) is 0 Å². The highest BCUT2D eigenvalue weighted by atomic mass is 15.4. The maximum atomic E-state index is 4.61. The van der Waals surface area contributed by atoms with Crippen LogP contribution < -0.4 is 0 Å². The molecular formula is C18H28N6. The third-order valence-electron chi connectivity index (χ3n) is 5.35. The van der Waals surface area contributed by atoms with Gasteiger partial charge in [0.2, 0.25) is 0 Å². The first-order chi connectivity index (χ1) is 11.7. The number of hydrogen-bond acceptors (Lipinski definition) is 4. The predicted molar refractivity (Wildman–Crippen MR) is 93.6 cm³/mol. The quantitative estimate of drug-likeness (QED) is 0.860. The first-order valence-electron chi connectivity index (χ1n) is 9.15. The Morgan fingerprint density at radius 2 is 2.00 bits per heavy atom. The molecule has 1 atom stereocenters. The molecule has 1 unspecified atom stereocenters. The number of aromatic nitrogens is 4. The van der Waals surface area contributed by atoms with Crippen LogP contribution in [0.5, 0.6) is 0 Å². The third kappa shape index (κ3) is 3.26. The molecule has 2 aromatic rings. The van der Waals surface area contributed by atoms with E-state index < -0.39 is 0 Å². The minimum absolute atomic E-state index is 0.455. The fourth-order valence-electron chi connectivity index (χ4n) is 4.20. The van der Waals surface area contributed by atoms with Gasteiger partial charge in [0.05, 0.1) is 23.1 Å². The van der Waals surface area contributed by atoms with Crippen molar-refractivity contribution in [3.05, 3.63) is 35.4 Å². The maximum absolute atomic E-state index is 4.61. The van der Waals surface area contributed by atoms with Gasteiger partial charge in [-0.3, -0.25) is 14.3 Å². The molecule has 24 heavy (non-hydrogen) atoms. The van der Waals surface area contributed by atoms with Crippen molar-refractivity contribution < 1.29 is 0 Å². The van der Waals surface area contributed by atoms with Crippen LogP contribution in [0, 0.1) is 6.92 Å². The van der Waals surface area contributed by atoms with Gasteiger partial charge in [0.15, 0.2) is 0 Å². The van der Waals surface area contributed by atoms with Crippen LogP contribution in [-0.4, -0.2) is 55.5 Å². The monoisotopic (exact) mass is 328 g/mol. The second-order valence-electron chi connectivity index (χ2n) is 7.35. The van der Waals surface area contributed by atoms with Gasteiger partial charge in [0, 0.05) is 39.4 Å². The normalized spacial score (nSPS) is 22.7. The largest absolute Gasteiger partial charge is 0.301 e. The van der Waals surface area contributed by atoms with Gasteiger partial charge < -0.3 is 4.90 Å². The third-order valence-corrected chi connectivity index (χ3v) is 5.35. The molecule has 1 fully saturated rings. The zero-order chi connectivity index (χ0) is 16.5. The number of piperidine rings is 1.